The van der Waals surface area contributed by atoms with E-state index in [1.807, 2.05) is 6.92 Å². The summed E-state index contributed by atoms with van der Waals surface area (Å²) in [6, 6.07) is 0.257. The molecule has 1 aromatic rings. The molecular weight excluding hydrogens is 210 g/mol. The number of nitrogens with one attached hydrogen (secondary N) is 1. The van der Waals surface area contributed by atoms with Crippen LogP contribution in [0.15, 0.2) is 0 Å². The Balaban J connectivity index is 2.12. The summed E-state index contributed by atoms with van der Waals surface area (Å²) in [6.45, 7) is 1.83. The van der Waals surface area contributed by atoms with E-state index in [4.69, 9.17) is 5.73 Å². The van der Waals surface area contributed by atoms with Gasteiger partial charge in [0, 0.05) is 17.3 Å². The molecule has 1 atom stereocenters. The molecule has 5 heteroatoms. The molecule has 82 valence electrons. The van der Waals surface area contributed by atoms with Crippen molar-refractivity contribution < 1.29 is 4.79 Å². The third-order valence-electron chi connectivity index (χ3n) is 2.55. The number of hydrogen-bond acceptors (Lipinski definition) is 4. The summed E-state index contributed by atoms with van der Waals surface area (Å²) in [5.74, 6) is 0.0189. The fourth-order valence-corrected chi connectivity index (χ4v) is 2.78. The molecular formula is C10H15N3OS. The van der Waals surface area contributed by atoms with Crippen LogP contribution in [0.25, 0.3) is 0 Å². The fraction of sp³-hybridized carbons (Fsp3) is 0.600. The second-order valence-corrected chi connectivity index (χ2v) is 4.88. The van der Waals surface area contributed by atoms with Gasteiger partial charge in [-0.2, -0.15) is 0 Å². The van der Waals surface area contributed by atoms with E-state index in [9.17, 15) is 4.79 Å². The fourth-order valence-electron chi connectivity index (χ4n) is 1.66. The lowest BCUT2D eigenvalue weighted by Gasteiger charge is -2.15. The first-order valence-electron chi connectivity index (χ1n) is 5.23. The second-order valence-electron chi connectivity index (χ2n) is 3.79. The molecule has 1 aromatic heterocycles. The quantitative estimate of drug-likeness (QED) is 0.797. The number of fused-ring (bicyclic) bond motifs is 1. The average Bonchev–Trinajstić information content (AvgIpc) is 2.59. The molecule has 0 spiro atoms. The predicted molar refractivity (Wildman–Crippen MR) is 61.0 cm³/mol. The Morgan fingerprint density at radius 1 is 1.73 bits per heavy atom. The van der Waals surface area contributed by atoms with Crippen LogP contribution >= 0.6 is 11.3 Å². The smallest absolute Gasteiger partial charge is 0.225 e. The standard InChI is InChI=1S/C10H15N3OS/c1-2-9(14)13-10-12-7-4-3-6(11)5-8(7)15-10/h6H,2-5,11H2,1H3,(H,12,13,14)/t6-/m0/s1. The SMILES string of the molecule is CCC(=O)Nc1nc2c(s1)C[C@@H](N)CC2. The summed E-state index contributed by atoms with van der Waals surface area (Å²) in [7, 11) is 0. The van der Waals surface area contributed by atoms with E-state index >= 15 is 0 Å². The van der Waals surface area contributed by atoms with Crippen molar-refractivity contribution in [3.63, 3.8) is 0 Å². The highest BCUT2D eigenvalue weighted by atomic mass is 32.1. The van der Waals surface area contributed by atoms with Crippen molar-refractivity contribution in [1.82, 2.24) is 4.98 Å². The molecule has 0 saturated heterocycles. The molecule has 2 rings (SSSR count). The second kappa shape index (κ2) is 4.28. The topological polar surface area (TPSA) is 68.0 Å². The van der Waals surface area contributed by atoms with Crippen molar-refractivity contribution in [2.75, 3.05) is 5.32 Å². The number of carbonyl (C=O) groups excluding carboxylic acids is 1. The molecule has 0 fully saturated rings. The minimum atomic E-state index is 0.0189. The van der Waals surface area contributed by atoms with E-state index in [0.717, 1.165) is 30.1 Å². The van der Waals surface area contributed by atoms with Crippen LogP contribution in [0.5, 0.6) is 0 Å². The number of aryl methyl sites for hydroxylation is 1. The van der Waals surface area contributed by atoms with Crippen LogP contribution in [0.3, 0.4) is 0 Å². The molecule has 0 saturated carbocycles. The third kappa shape index (κ3) is 2.35. The van der Waals surface area contributed by atoms with Crippen molar-refractivity contribution in [2.45, 2.75) is 38.6 Å². The summed E-state index contributed by atoms with van der Waals surface area (Å²) >= 11 is 1.56. The van der Waals surface area contributed by atoms with E-state index in [2.05, 4.69) is 10.3 Å². The number of carbonyl (C=O) groups is 1. The maximum absolute atomic E-state index is 11.2. The van der Waals surface area contributed by atoms with Crippen LogP contribution in [-0.4, -0.2) is 16.9 Å². The minimum Gasteiger partial charge on any atom is -0.327 e. The zero-order valence-electron chi connectivity index (χ0n) is 8.75. The molecule has 3 N–H and O–H groups in total. The Bertz CT molecular complexity index is 375. The Morgan fingerprint density at radius 3 is 3.27 bits per heavy atom. The molecule has 0 unspecified atom stereocenters. The van der Waals surface area contributed by atoms with Gasteiger partial charge in [0.2, 0.25) is 5.91 Å². The molecule has 0 radical (unpaired) electrons. The van der Waals surface area contributed by atoms with Crippen molar-refractivity contribution in [3.05, 3.63) is 10.6 Å². The third-order valence-corrected chi connectivity index (χ3v) is 3.58. The molecule has 0 aliphatic heterocycles. The summed E-state index contributed by atoms with van der Waals surface area (Å²) in [4.78, 5) is 16.8. The lowest BCUT2D eigenvalue weighted by atomic mass is 9.99. The van der Waals surface area contributed by atoms with E-state index in [0.29, 0.717) is 6.42 Å². The van der Waals surface area contributed by atoms with Crippen LogP contribution < -0.4 is 11.1 Å². The summed E-state index contributed by atoms with van der Waals surface area (Å²) in [5.41, 5.74) is 7.00. The Labute approximate surface area is 92.9 Å². The number of nitrogens with zero attached hydrogens (tertiary/aromatic N) is 1. The molecule has 1 aliphatic rings. The van der Waals surface area contributed by atoms with Crippen LogP contribution in [-0.2, 0) is 17.6 Å². The molecule has 1 amide bonds. The van der Waals surface area contributed by atoms with Crippen LogP contribution in [0.4, 0.5) is 5.13 Å². The van der Waals surface area contributed by atoms with Gasteiger partial charge in [0.1, 0.15) is 0 Å². The van der Waals surface area contributed by atoms with Gasteiger partial charge in [0.15, 0.2) is 5.13 Å². The average molecular weight is 225 g/mol. The zero-order chi connectivity index (χ0) is 10.8. The van der Waals surface area contributed by atoms with Gasteiger partial charge in [-0.05, 0) is 19.3 Å². The number of amides is 1. The first-order valence-corrected chi connectivity index (χ1v) is 6.04. The van der Waals surface area contributed by atoms with E-state index in [1.54, 1.807) is 11.3 Å². The van der Waals surface area contributed by atoms with Gasteiger partial charge in [-0.25, -0.2) is 4.98 Å². The van der Waals surface area contributed by atoms with Crippen LogP contribution in [0, 0.1) is 0 Å². The minimum absolute atomic E-state index is 0.0189. The molecule has 1 aliphatic carbocycles. The number of rotatable bonds is 2. The van der Waals surface area contributed by atoms with Gasteiger partial charge in [-0.15, -0.1) is 11.3 Å². The first kappa shape index (κ1) is 10.6. The maximum Gasteiger partial charge on any atom is 0.225 e. The Kier molecular flexibility index (Phi) is 3.02. The molecule has 0 bridgehead atoms. The largest absolute Gasteiger partial charge is 0.327 e. The zero-order valence-corrected chi connectivity index (χ0v) is 9.56. The number of anilines is 1. The predicted octanol–water partition coefficient (Wildman–Crippen LogP) is 1.31. The van der Waals surface area contributed by atoms with Gasteiger partial charge in [-0.1, -0.05) is 6.92 Å². The van der Waals surface area contributed by atoms with E-state index < -0.39 is 0 Å². The van der Waals surface area contributed by atoms with Crippen LogP contribution in [0.1, 0.15) is 30.3 Å². The van der Waals surface area contributed by atoms with Crippen molar-refractivity contribution in [1.29, 1.82) is 0 Å². The maximum atomic E-state index is 11.2. The number of hydrogen-bond donors (Lipinski definition) is 2. The number of aromatic nitrogens is 1. The van der Waals surface area contributed by atoms with Gasteiger partial charge in [0.05, 0.1) is 5.69 Å². The van der Waals surface area contributed by atoms with Crippen molar-refractivity contribution >= 4 is 22.4 Å². The van der Waals surface area contributed by atoms with Crippen molar-refractivity contribution in [2.24, 2.45) is 5.73 Å². The highest BCUT2D eigenvalue weighted by Crippen LogP contribution is 2.29. The highest BCUT2D eigenvalue weighted by Gasteiger charge is 2.20. The number of thiazole rings is 1. The Hall–Kier alpha value is -0.940. The summed E-state index contributed by atoms with van der Waals surface area (Å²) in [5, 5.41) is 3.51. The van der Waals surface area contributed by atoms with Gasteiger partial charge in [0.25, 0.3) is 0 Å². The Morgan fingerprint density at radius 2 is 2.53 bits per heavy atom. The van der Waals surface area contributed by atoms with Gasteiger partial charge < -0.3 is 11.1 Å². The summed E-state index contributed by atoms with van der Waals surface area (Å²) < 4.78 is 0. The summed E-state index contributed by atoms with van der Waals surface area (Å²) in [6.07, 6.45) is 3.33. The monoisotopic (exact) mass is 225 g/mol. The lowest BCUT2D eigenvalue weighted by Crippen LogP contribution is -2.26. The van der Waals surface area contributed by atoms with Gasteiger partial charge in [-0.3, -0.25) is 4.79 Å². The normalized spacial score (nSPS) is 19.7. The van der Waals surface area contributed by atoms with E-state index in [1.165, 1.54) is 4.88 Å². The molecule has 1 heterocycles. The lowest BCUT2D eigenvalue weighted by molar-refractivity contribution is -0.115. The van der Waals surface area contributed by atoms with E-state index in [-0.39, 0.29) is 11.9 Å². The highest BCUT2D eigenvalue weighted by molar-refractivity contribution is 7.15. The molecule has 15 heavy (non-hydrogen) atoms. The van der Waals surface area contributed by atoms with Crippen LogP contribution in [0.2, 0.25) is 0 Å². The van der Waals surface area contributed by atoms with Gasteiger partial charge >= 0.3 is 0 Å². The first-order chi connectivity index (χ1) is 7.19. The van der Waals surface area contributed by atoms with Crippen molar-refractivity contribution in [3.8, 4) is 0 Å². The molecule has 4 nitrogen and oxygen atoms in total. The molecule has 0 aromatic carbocycles. The number of nitrogens with two attached hydrogens (primary N) is 1.